The van der Waals surface area contributed by atoms with Gasteiger partial charge in [-0.1, -0.05) is 24.3 Å². The van der Waals surface area contributed by atoms with E-state index in [9.17, 15) is 10.1 Å². The van der Waals surface area contributed by atoms with E-state index in [-0.39, 0.29) is 5.69 Å². The van der Waals surface area contributed by atoms with E-state index >= 15 is 0 Å². The predicted molar refractivity (Wildman–Crippen MR) is 74.2 cm³/mol. The van der Waals surface area contributed by atoms with Crippen LogP contribution in [-0.2, 0) is 19.5 Å². The van der Waals surface area contributed by atoms with Crippen LogP contribution in [0.1, 0.15) is 18.2 Å². The Morgan fingerprint density at radius 1 is 1.35 bits per heavy atom. The van der Waals surface area contributed by atoms with Crippen LogP contribution in [0.15, 0.2) is 30.5 Å². The summed E-state index contributed by atoms with van der Waals surface area (Å²) in [6.45, 7) is 4.36. The van der Waals surface area contributed by atoms with Crippen molar-refractivity contribution in [2.45, 2.75) is 26.4 Å². The Morgan fingerprint density at radius 2 is 2.10 bits per heavy atom. The minimum atomic E-state index is -0.395. The molecule has 0 aliphatic carbocycles. The fraction of sp³-hybridized carbons (Fsp3) is 0.385. The summed E-state index contributed by atoms with van der Waals surface area (Å²) in [4.78, 5) is 10.2. The van der Waals surface area contributed by atoms with Gasteiger partial charge in [0.2, 0.25) is 0 Å². The average molecular weight is 275 g/mol. The molecular weight excluding hydrogens is 258 g/mol. The van der Waals surface area contributed by atoms with E-state index in [4.69, 9.17) is 0 Å². The lowest BCUT2D eigenvalue weighted by molar-refractivity contribution is -0.384. The van der Waals surface area contributed by atoms with Crippen LogP contribution in [0.3, 0.4) is 0 Å². The molecule has 1 aromatic carbocycles. The molecule has 2 aromatic rings. The minimum absolute atomic E-state index is 0.113. The van der Waals surface area contributed by atoms with Gasteiger partial charge in [0, 0.05) is 31.4 Å². The second kappa shape index (κ2) is 6.76. The fourth-order valence-corrected chi connectivity index (χ4v) is 1.81. The highest BCUT2D eigenvalue weighted by Gasteiger charge is 2.04. The number of nitrogens with zero attached hydrogens (tertiary/aromatic N) is 4. The molecule has 7 heteroatoms. The second-order valence-corrected chi connectivity index (χ2v) is 4.43. The quantitative estimate of drug-likeness (QED) is 0.612. The molecule has 7 nitrogen and oxygen atoms in total. The summed E-state index contributed by atoms with van der Waals surface area (Å²) in [5.41, 5.74) is 2.07. The molecule has 20 heavy (non-hydrogen) atoms. The number of hydrogen-bond acceptors (Lipinski definition) is 5. The lowest BCUT2D eigenvalue weighted by Gasteiger charge is -2.01. The molecule has 0 atom stereocenters. The van der Waals surface area contributed by atoms with Gasteiger partial charge in [0.25, 0.3) is 5.69 Å². The van der Waals surface area contributed by atoms with Crippen LogP contribution < -0.4 is 5.32 Å². The van der Waals surface area contributed by atoms with Crippen molar-refractivity contribution in [1.29, 1.82) is 0 Å². The van der Waals surface area contributed by atoms with Gasteiger partial charge >= 0.3 is 0 Å². The number of benzene rings is 1. The number of nitrogens with one attached hydrogen (secondary N) is 1. The van der Waals surface area contributed by atoms with Gasteiger partial charge in [0.05, 0.1) is 10.6 Å². The topological polar surface area (TPSA) is 85.9 Å². The Hall–Kier alpha value is -2.28. The lowest BCUT2D eigenvalue weighted by atomic mass is 10.1. The van der Waals surface area contributed by atoms with Gasteiger partial charge in [0.1, 0.15) is 0 Å². The summed E-state index contributed by atoms with van der Waals surface area (Å²) in [6, 6.07) is 6.59. The van der Waals surface area contributed by atoms with Crippen molar-refractivity contribution in [3.63, 3.8) is 0 Å². The van der Waals surface area contributed by atoms with E-state index in [1.54, 1.807) is 16.8 Å². The van der Waals surface area contributed by atoms with E-state index in [1.807, 2.05) is 13.1 Å². The molecule has 0 fully saturated rings. The monoisotopic (exact) mass is 275 g/mol. The zero-order valence-electron chi connectivity index (χ0n) is 11.3. The number of nitro groups is 1. The molecule has 106 valence electrons. The highest BCUT2D eigenvalue weighted by molar-refractivity contribution is 5.32. The molecule has 0 amide bonds. The first-order valence-electron chi connectivity index (χ1n) is 6.52. The van der Waals surface area contributed by atoms with Crippen LogP contribution >= 0.6 is 0 Å². The van der Waals surface area contributed by atoms with Crippen LogP contribution in [-0.4, -0.2) is 26.5 Å². The summed E-state index contributed by atoms with van der Waals surface area (Å²) < 4.78 is 1.79. The predicted octanol–water partition coefficient (Wildman–Crippen LogP) is 1.54. The Kier molecular flexibility index (Phi) is 4.78. The van der Waals surface area contributed by atoms with Gasteiger partial charge < -0.3 is 5.32 Å². The number of aryl methyl sites for hydroxylation is 2. The maximum atomic E-state index is 10.6. The van der Waals surface area contributed by atoms with Crippen molar-refractivity contribution < 1.29 is 4.92 Å². The smallest absolute Gasteiger partial charge is 0.269 e. The first-order valence-corrected chi connectivity index (χ1v) is 6.52. The van der Waals surface area contributed by atoms with E-state index < -0.39 is 4.92 Å². The molecule has 0 bridgehead atoms. The van der Waals surface area contributed by atoms with Crippen molar-refractivity contribution in [3.8, 4) is 0 Å². The Morgan fingerprint density at radius 3 is 2.75 bits per heavy atom. The zero-order valence-corrected chi connectivity index (χ0v) is 11.3. The van der Waals surface area contributed by atoms with Gasteiger partial charge in [0.15, 0.2) is 0 Å². The summed E-state index contributed by atoms with van der Waals surface area (Å²) >= 11 is 0. The van der Waals surface area contributed by atoms with Crippen LogP contribution in [0.25, 0.3) is 0 Å². The highest BCUT2D eigenvalue weighted by atomic mass is 16.6. The Labute approximate surface area is 116 Å². The second-order valence-electron chi connectivity index (χ2n) is 4.43. The molecule has 0 saturated heterocycles. The molecule has 0 radical (unpaired) electrons. The summed E-state index contributed by atoms with van der Waals surface area (Å²) in [5, 5.41) is 21.9. The number of aromatic nitrogens is 3. The third kappa shape index (κ3) is 3.86. The molecule has 0 unspecified atom stereocenters. The normalized spacial score (nSPS) is 10.7. The van der Waals surface area contributed by atoms with Crippen LogP contribution in [0.4, 0.5) is 5.69 Å². The van der Waals surface area contributed by atoms with Crippen LogP contribution in [0, 0.1) is 10.1 Å². The van der Waals surface area contributed by atoms with Gasteiger partial charge in [-0.25, -0.2) is 0 Å². The lowest BCUT2D eigenvalue weighted by Crippen LogP contribution is -2.11. The van der Waals surface area contributed by atoms with Crippen LogP contribution in [0.5, 0.6) is 0 Å². The number of hydrogen-bond donors (Lipinski definition) is 1. The maximum Gasteiger partial charge on any atom is 0.269 e. The first kappa shape index (κ1) is 14.1. The van der Waals surface area contributed by atoms with E-state index in [0.29, 0.717) is 13.1 Å². The largest absolute Gasteiger partial charge is 0.311 e. The third-order valence-corrected chi connectivity index (χ3v) is 2.92. The minimum Gasteiger partial charge on any atom is -0.311 e. The van der Waals surface area contributed by atoms with E-state index in [0.717, 1.165) is 24.2 Å². The van der Waals surface area contributed by atoms with Crippen molar-refractivity contribution in [2.24, 2.45) is 0 Å². The number of nitro benzene ring substituents is 1. The van der Waals surface area contributed by atoms with Gasteiger partial charge in [-0.15, -0.1) is 5.10 Å². The van der Waals surface area contributed by atoms with Crippen LogP contribution in [0.2, 0.25) is 0 Å². The van der Waals surface area contributed by atoms with Gasteiger partial charge in [-0.05, 0) is 18.5 Å². The molecule has 2 rings (SSSR count). The van der Waals surface area contributed by atoms with E-state index in [2.05, 4.69) is 15.6 Å². The van der Waals surface area contributed by atoms with Crippen molar-refractivity contribution in [3.05, 3.63) is 51.8 Å². The maximum absolute atomic E-state index is 10.6. The molecule has 0 spiro atoms. The molecule has 0 aliphatic heterocycles. The molecule has 0 aliphatic rings. The van der Waals surface area contributed by atoms with Crippen molar-refractivity contribution in [1.82, 2.24) is 20.3 Å². The van der Waals surface area contributed by atoms with Gasteiger partial charge in [-0.2, -0.15) is 0 Å². The summed E-state index contributed by atoms with van der Waals surface area (Å²) in [5.74, 6) is 0. The van der Waals surface area contributed by atoms with Crippen molar-refractivity contribution in [2.75, 3.05) is 6.54 Å². The zero-order chi connectivity index (χ0) is 14.4. The number of rotatable bonds is 7. The molecular formula is C13H17N5O2. The Balaban J connectivity index is 1.88. The SMILES string of the molecule is CCNCc1cn(CCc2ccc([N+](=O)[O-])cc2)nn1. The summed E-state index contributed by atoms with van der Waals surface area (Å²) in [6.07, 6.45) is 2.68. The Bertz CT molecular complexity index is 564. The standard InChI is InChI=1S/C13H17N5O2/c1-2-14-9-12-10-17(16-15-12)8-7-11-3-5-13(6-4-11)18(19)20/h3-6,10,14H,2,7-9H2,1H3. The fourth-order valence-electron chi connectivity index (χ4n) is 1.81. The highest BCUT2D eigenvalue weighted by Crippen LogP contribution is 2.12. The molecule has 1 N–H and O–H groups in total. The van der Waals surface area contributed by atoms with Crippen molar-refractivity contribution >= 4 is 5.69 Å². The average Bonchev–Trinajstić information content (AvgIpc) is 2.91. The van der Waals surface area contributed by atoms with E-state index in [1.165, 1.54) is 12.1 Å². The number of non-ortho nitro benzene ring substituents is 1. The van der Waals surface area contributed by atoms with Gasteiger partial charge in [-0.3, -0.25) is 14.8 Å². The first-order chi connectivity index (χ1) is 9.69. The molecule has 0 saturated carbocycles. The summed E-state index contributed by atoms with van der Waals surface area (Å²) in [7, 11) is 0. The molecule has 1 heterocycles. The molecule has 1 aromatic heterocycles. The third-order valence-electron chi connectivity index (χ3n) is 2.92.